The van der Waals surface area contributed by atoms with Gasteiger partial charge >= 0.3 is 5.97 Å². The third-order valence-electron chi connectivity index (χ3n) is 3.35. The number of hydrogen-bond donors (Lipinski definition) is 0. The van der Waals surface area contributed by atoms with E-state index in [0.717, 1.165) is 16.9 Å². The number of methoxy groups -OCH3 is 2. The first-order valence-electron chi connectivity index (χ1n) is 6.49. The van der Waals surface area contributed by atoms with E-state index in [4.69, 9.17) is 14.2 Å². The normalized spacial score (nSPS) is 15.2. The van der Waals surface area contributed by atoms with Gasteiger partial charge in [-0.25, -0.2) is 4.79 Å². The van der Waals surface area contributed by atoms with Gasteiger partial charge in [0.25, 0.3) is 0 Å². The molecule has 0 aliphatic carbocycles. The molecule has 0 fully saturated rings. The molecule has 0 radical (unpaired) electrons. The summed E-state index contributed by atoms with van der Waals surface area (Å²) in [6.45, 7) is 0. The van der Waals surface area contributed by atoms with Crippen molar-refractivity contribution in [2.75, 3.05) is 14.2 Å². The van der Waals surface area contributed by atoms with E-state index in [1.54, 1.807) is 20.3 Å². The summed E-state index contributed by atoms with van der Waals surface area (Å²) in [5, 5.41) is 0. The summed E-state index contributed by atoms with van der Waals surface area (Å²) in [6.07, 6.45) is 0. The highest BCUT2D eigenvalue weighted by Gasteiger charge is 2.29. The van der Waals surface area contributed by atoms with Crippen LogP contribution in [0.5, 0.6) is 5.75 Å². The molecule has 0 bridgehead atoms. The molecule has 0 saturated heterocycles. The summed E-state index contributed by atoms with van der Waals surface area (Å²) in [7, 11) is 3.17. The molecule has 4 heteroatoms. The zero-order valence-corrected chi connectivity index (χ0v) is 11.8. The molecule has 0 N–H and O–H groups in total. The highest BCUT2D eigenvalue weighted by atomic mass is 16.6. The number of benzene rings is 2. The van der Waals surface area contributed by atoms with Crippen molar-refractivity contribution in [3.8, 4) is 5.75 Å². The van der Waals surface area contributed by atoms with Crippen molar-refractivity contribution in [1.29, 1.82) is 0 Å². The molecule has 0 spiro atoms. The van der Waals surface area contributed by atoms with Gasteiger partial charge in [-0.3, -0.25) is 0 Å². The van der Waals surface area contributed by atoms with Crippen molar-refractivity contribution in [2.24, 2.45) is 0 Å². The van der Waals surface area contributed by atoms with E-state index in [2.05, 4.69) is 0 Å². The molecular weight excluding hydrogens is 268 g/mol. The minimum absolute atomic E-state index is 0.358. The Balaban J connectivity index is 2.12. The Kier molecular flexibility index (Phi) is 3.36. The van der Waals surface area contributed by atoms with Gasteiger partial charge in [0.05, 0.1) is 19.8 Å². The summed E-state index contributed by atoms with van der Waals surface area (Å²) in [5.41, 5.74) is 2.11. The predicted octanol–water partition coefficient (Wildman–Crippen LogP) is 3.34. The van der Waals surface area contributed by atoms with Gasteiger partial charge in [-0.05, 0) is 30.3 Å². The van der Waals surface area contributed by atoms with E-state index in [9.17, 15) is 4.79 Å². The second kappa shape index (κ2) is 5.32. The van der Waals surface area contributed by atoms with E-state index in [1.807, 2.05) is 42.5 Å². The van der Waals surface area contributed by atoms with E-state index in [-0.39, 0.29) is 5.97 Å². The van der Waals surface area contributed by atoms with Gasteiger partial charge in [-0.2, -0.15) is 0 Å². The molecule has 21 heavy (non-hydrogen) atoms. The predicted molar refractivity (Wildman–Crippen MR) is 78.7 cm³/mol. The number of ether oxygens (including phenoxy) is 3. The zero-order chi connectivity index (χ0) is 14.8. The molecule has 1 aliphatic rings. The Morgan fingerprint density at radius 3 is 2.24 bits per heavy atom. The lowest BCUT2D eigenvalue weighted by atomic mass is 10.1. The lowest BCUT2D eigenvalue weighted by molar-refractivity contribution is 0.0713. The Bertz CT molecular complexity index is 714. The summed E-state index contributed by atoms with van der Waals surface area (Å²) >= 11 is 0. The molecule has 4 nitrogen and oxygen atoms in total. The summed E-state index contributed by atoms with van der Waals surface area (Å²) in [6, 6.07) is 14.6. The first-order chi connectivity index (χ1) is 10.2. The molecule has 1 aliphatic heterocycles. The number of cyclic esters (lactones) is 1. The second-order valence-corrected chi connectivity index (χ2v) is 4.53. The van der Waals surface area contributed by atoms with Crippen LogP contribution in [-0.4, -0.2) is 20.2 Å². The molecule has 0 atom stereocenters. The summed E-state index contributed by atoms with van der Waals surface area (Å²) in [5.74, 6) is 1.37. The molecule has 0 amide bonds. The molecule has 2 aromatic rings. The van der Waals surface area contributed by atoms with Crippen molar-refractivity contribution >= 4 is 17.5 Å². The quantitative estimate of drug-likeness (QED) is 0.640. The maximum atomic E-state index is 11.9. The third-order valence-corrected chi connectivity index (χ3v) is 3.35. The fourth-order valence-electron chi connectivity index (χ4n) is 2.31. The Hall–Kier alpha value is -2.75. The van der Waals surface area contributed by atoms with Crippen LogP contribution >= 0.6 is 0 Å². The molecule has 2 aromatic carbocycles. The molecule has 3 rings (SSSR count). The average molecular weight is 282 g/mol. The van der Waals surface area contributed by atoms with Crippen LogP contribution in [-0.2, 0) is 9.47 Å². The van der Waals surface area contributed by atoms with E-state index in [0.29, 0.717) is 17.1 Å². The van der Waals surface area contributed by atoms with Crippen LogP contribution in [0, 0.1) is 0 Å². The van der Waals surface area contributed by atoms with Crippen LogP contribution in [0.1, 0.15) is 21.5 Å². The smallest absolute Gasteiger partial charge is 0.344 e. The van der Waals surface area contributed by atoms with Crippen molar-refractivity contribution in [3.05, 3.63) is 65.2 Å². The van der Waals surface area contributed by atoms with Crippen molar-refractivity contribution in [3.63, 3.8) is 0 Å². The zero-order valence-electron chi connectivity index (χ0n) is 11.8. The third kappa shape index (κ3) is 2.25. The summed E-state index contributed by atoms with van der Waals surface area (Å²) < 4.78 is 16.0. The van der Waals surface area contributed by atoms with Gasteiger partial charge in [-0.15, -0.1) is 0 Å². The summed E-state index contributed by atoms with van der Waals surface area (Å²) in [4.78, 5) is 11.9. The SMILES string of the molecule is CO/C(=C1\OC(=O)c2ccccc21)c1ccc(OC)cc1. The van der Waals surface area contributed by atoms with E-state index < -0.39 is 0 Å². The van der Waals surface area contributed by atoms with Gasteiger partial charge in [0.15, 0.2) is 11.5 Å². The standard InChI is InChI=1S/C17H14O4/c1-19-12-9-7-11(8-10-12)15(20-2)16-13-5-3-4-6-14(13)17(18)21-16/h3-10H,1-2H3/b16-15-. The van der Waals surface area contributed by atoms with Crippen LogP contribution in [0.15, 0.2) is 48.5 Å². The number of carbonyl (C=O) groups is 1. The van der Waals surface area contributed by atoms with Crippen LogP contribution < -0.4 is 4.74 Å². The van der Waals surface area contributed by atoms with Gasteiger partial charge < -0.3 is 14.2 Å². The minimum Gasteiger partial charge on any atom is -0.497 e. The topological polar surface area (TPSA) is 44.8 Å². The number of rotatable bonds is 3. The number of carbonyl (C=O) groups excluding carboxylic acids is 1. The molecule has 106 valence electrons. The van der Waals surface area contributed by atoms with Gasteiger partial charge in [0, 0.05) is 11.1 Å². The maximum absolute atomic E-state index is 11.9. The highest BCUT2D eigenvalue weighted by molar-refractivity contribution is 6.07. The van der Waals surface area contributed by atoms with Crippen LogP contribution in [0.3, 0.4) is 0 Å². The van der Waals surface area contributed by atoms with E-state index in [1.165, 1.54) is 0 Å². The van der Waals surface area contributed by atoms with Gasteiger partial charge in [0.2, 0.25) is 0 Å². The first-order valence-corrected chi connectivity index (χ1v) is 6.49. The number of esters is 1. The van der Waals surface area contributed by atoms with Crippen molar-refractivity contribution in [1.82, 2.24) is 0 Å². The maximum Gasteiger partial charge on any atom is 0.344 e. The van der Waals surface area contributed by atoms with Crippen LogP contribution in [0.2, 0.25) is 0 Å². The lowest BCUT2D eigenvalue weighted by Gasteiger charge is -2.10. The number of hydrogen-bond acceptors (Lipinski definition) is 4. The van der Waals surface area contributed by atoms with Crippen molar-refractivity contribution in [2.45, 2.75) is 0 Å². The number of fused-ring (bicyclic) bond motifs is 1. The van der Waals surface area contributed by atoms with Gasteiger partial charge in [0.1, 0.15) is 5.75 Å². The van der Waals surface area contributed by atoms with Crippen molar-refractivity contribution < 1.29 is 19.0 Å². The molecular formula is C17H14O4. The lowest BCUT2D eigenvalue weighted by Crippen LogP contribution is -1.96. The van der Waals surface area contributed by atoms with Gasteiger partial charge in [-0.1, -0.05) is 18.2 Å². The molecule has 0 saturated carbocycles. The van der Waals surface area contributed by atoms with Crippen LogP contribution in [0.4, 0.5) is 0 Å². The Morgan fingerprint density at radius 2 is 1.62 bits per heavy atom. The largest absolute Gasteiger partial charge is 0.497 e. The fourth-order valence-corrected chi connectivity index (χ4v) is 2.31. The molecule has 0 aromatic heterocycles. The second-order valence-electron chi connectivity index (χ2n) is 4.53. The van der Waals surface area contributed by atoms with Crippen LogP contribution in [0.25, 0.3) is 11.5 Å². The monoisotopic (exact) mass is 282 g/mol. The minimum atomic E-state index is -0.358. The Labute approximate surface area is 122 Å². The molecule has 0 unspecified atom stereocenters. The molecule has 1 heterocycles. The highest BCUT2D eigenvalue weighted by Crippen LogP contribution is 2.36. The van der Waals surface area contributed by atoms with E-state index >= 15 is 0 Å². The average Bonchev–Trinajstić information content (AvgIpc) is 2.86. The first kappa shape index (κ1) is 13.2. The Morgan fingerprint density at radius 1 is 0.952 bits per heavy atom. The fraction of sp³-hybridized carbons (Fsp3) is 0.118.